The summed E-state index contributed by atoms with van der Waals surface area (Å²) >= 11 is 0. The summed E-state index contributed by atoms with van der Waals surface area (Å²) in [5.41, 5.74) is 6.41. The van der Waals surface area contributed by atoms with Crippen molar-refractivity contribution < 1.29 is 24.2 Å². The highest BCUT2D eigenvalue weighted by atomic mass is 16.5. The summed E-state index contributed by atoms with van der Waals surface area (Å²) < 4.78 is 5.45. The van der Waals surface area contributed by atoms with Crippen molar-refractivity contribution in [2.45, 2.75) is 12.5 Å². The van der Waals surface area contributed by atoms with Crippen molar-refractivity contribution in [1.29, 1.82) is 0 Å². The summed E-state index contributed by atoms with van der Waals surface area (Å²) in [6.45, 7) is 0.894. The summed E-state index contributed by atoms with van der Waals surface area (Å²) in [5.74, 6) is -0.804. The van der Waals surface area contributed by atoms with E-state index in [0.29, 0.717) is 18.8 Å². The first-order valence-electron chi connectivity index (χ1n) is 9.93. The molecule has 9 heteroatoms. The van der Waals surface area contributed by atoms with Crippen LogP contribution < -0.4 is 26.4 Å². The van der Waals surface area contributed by atoms with E-state index in [0.717, 1.165) is 5.56 Å². The first-order valence-corrected chi connectivity index (χ1v) is 9.93. The maximum atomic E-state index is 11.8. The lowest BCUT2D eigenvalue weighted by Gasteiger charge is -2.15. The monoisotopic (exact) mass is 428 g/mol. The number of amides is 3. The summed E-state index contributed by atoms with van der Waals surface area (Å²) in [7, 11) is 0. The third-order valence-corrected chi connectivity index (χ3v) is 4.24. The number of ether oxygens (including phenoxy) is 1. The zero-order chi connectivity index (χ0) is 22.5. The average Bonchev–Trinajstić information content (AvgIpc) is 2.77. The molecule has 0 bridgehead atoms. The Labute approximate surface area is 181 Å². The number of para-hydroxylation sites is 1. The molecule has 9 nitrogen and oxygen atoms in total. The normalized spacial score (nSPS) is 11.4. The zero-order valence-corrected chi connectivity index (χ0v) is 17.2. The Bertz CT molecular complexity index is 860. The molecular weight excluding hydrogens is 400 g/mol. The third-order valence-electron chi connectivity index (χ3n) is 4.24. The first-order chi connectivity index (χ1) is 15.0. The molecule has 2 rings (SSSR count). The Kier molecular flexibility index (Phi) is 9.99. The second-order valence-electron chi connectivity index (χ2n) is 6.82. The Morgan fingerprint density at radius 2 is 1.65 bits per heavy atom. The van der Waals surface area contributed by atoms with Crippen LogP contribution in [0.1, 0.15) is 15.9 Å². The topological polar surface area (TPSA) is 143 Å². The molecule has 0 saturated carbocycles. The number of hydrogen-bond donors (Lipinski definition) is 5. The number of aliphatic hydroxyl groups is 1. The molecule has 0 saturated heterocycles. The fourth-order valence-electron chi connectivity index (χ4n) is 2.69. The molecule has 6 N–H and O–H groups in total. The van der Waals surface area contributed by atoms with Crippen molar-refractivity contribution in [3.05, 3.63) is 65.7 Å². The van der Waals surface area contributed by atoms with E-state index in [1.807, 2.05) is 30.3 Å². The van der Waals surface area contributed by atoms with Gasteiger partial charge in [-0.25, -0.2) is 0 Å². The quantitative estimate of drug-likeness (QED) is 0.275. The molecule has 0 radical (unpaired) electrons. The SMILES string of the molecule is NC(=O)c1ccccc1OCC(O)CNCCNC(=O)CNC(=O)Cc1ccccc1. The predicted molar refractivity (Wildman–Crippen MR) is 115 cm³/mol. The Morgan fingerprint density at radius 1 is 0.935 bits per heavy atom. The van der Waals surface area contributed by atoms with Crippen molar-refractivity contribution in [2.75, 3.05) is 32.8 Å². The molecule has 0 aliphatic heterocycles. The van der Waals surface area contributed by atoms with Crippen molar-refractivity contribution >= 4 is 17.7 Å². The van der Waals surface area contributed by atoms with Gasteiger partial charge in [0, 0.05) is 19.6 Å². The van der Waals surface area contributed by atoms with E-state index in [4.69, 9.17) is 10.5 Å². The van der Waals surface area contributed by atoms with Gasteiger partial charge >= 0.3 is 0 Å². The van der Waals surface area contributed by atoms with Crippen molar-refractivity contribution in [3.63, 3.8) is 0 Å². The van der Waals surface area contributed by atoms with Gasteiger partial charge in [0.25, 0.3) is 5.91 Å². The highest BCUT2D eigenvalue weighted by molar-refractivity contribution is 5.95. The van der Waals surface area contributed by atoms with Gasteiger partial charge in [-0.15, -0.1) is 0 Å². The number of carbonyl (C=O) groups excluding carboxylic acids is 3. The molecule has 1 atom stereocenters. The Hall–Kier alpha value is -3.43. The van der Waals surface area contributed by atoms with Gasteiger partial charge in [0.05, 0.1) is 18.5 Å². The number of benzene rings is 2. The summed E-state index contributed by atoms with van der Waals surface area (Å²) in [5, 5.41) is 18.2. The lowest BCUT2D eigenvalue weighted by molar-refractivity contribution is -0.125. The van der Waals surface area contributed by atoms with Crippen LogP contribution in [0.4, 0.5) is 0 Å². The van der Waals surface area contributed by atoms with E-state index in [1.165, 1.54) is 0 Å². The molecular formula is C22H28N4O5. The molecule has 0 aromatic heterocycles. The highest BCUT2D eigenvalue weighted by Crippen LogP contribution is 2.17. The number of aliphatic hydroxyl groups excluding tert-OH is 1. The van der Waals surface area contributed by atoms with Gasteiger partial charge in [-0.3, -0.25) is 14.4 Å². The number of rotatable bonds is 13. The van der Waals surface area contributed by atoms with Gasteiger partial charge in [0.1, 0.15) is 18.5 Å². The fourth-order valence-corrected chi connectivity index (χ4v) is 2.69. The maximum Gasteiger partial charge on any atom is 0.252 e. The minimum absolute atomic E-state index is 0.0168. The summed E-state index contributed by atoms with van der Waals surface area (Å²) in [4.78, 5) is 34.9. The van der Waals surface area contributed by atoms with Crippen LogP contribution in [0, 0.1) is 0 Å². The molecule has 0 spiro atoms. The van der Waals surface area contributed by atoms with Gasteiger partial charge in [-0.05, 0) is 17.7 Å². The smallest absolute Gasteiger partial charge is 0.252 e. The van der Waals surface area contributed by atoms with Crippen LogP contribution in [0.3, 0.4) is 0 Å². The molecule has 166 valence electrons. The lowest BCUT2D eigenvalue weighted by Crippen LogP contribution is -2.41. The lowest BCUT2D eigenvalue weighted by atomic mass is 10.1. The van der Waals surface area contributed by atoms with Crippen LogP contribution in [0.25, 0.3) is 0 Å². The van der Waals surface area contributed by atoms with Crippen molar-refractivity contribution in [3.8, 4) is 5.75 Å². The van der Waals surface area contributed by atoms with Gasteiger partial charge in [0.2, 0.25) is 11.8 Å². The molecule has 0 aliphatic carbocycles. The van der Waals surface area contributed by atoms with E-state index >= 15 is 0 Å². The molecule has 2 aromatic rings. The molecule has 31 heavy (non-hydrogen) atoms. The second kappa shape index (κ2) is 13.0. The van der Waals surface area contributed by atoms with Crippen LogP contribution in [0.5, 0.6) is 5.75 Å². The van der Waals surface area contributed by atoms with Crippen LogP contribution in [-0.4, -0.2) is 61.7 Å². The molecule has 3 amide bonds. The maximum absolute atomic E-state index is 11.8. The van der Waals surface area contributed by atoms with Crippen molar-refractivity contribution in [1.82, 2.24) is 16.0 Å². The van der Waals surface area contributed by atoms with E-state index in [1.54, 1.807) is 24.3 Å². The van der Waals surface area contributed by atoms with Gasteiger partial charge in [0.15, 0.2) is 0 Å². The van der Waals surface area contributed by atoms with Gasteiger partial charge in [-0.2, -0.15) is 0 Å². The first kappa shape index (κ1) is 23.8. The number of nitrogens with one attached hydrogen (secondary N) is 3. The fraction of sp³-hybridized carbons (Fsp3) is 0.318. The van der Waals surface area contributed by atoms with Gasteiger partial charge < -0.3 is 31.5 Å². The van der Waals surface area contributed by atoms with E-state index in [9.17, 15) is 19.5 Å². The Balaban J connectivity index is 1.53. The molecule has 0 fully saturated rings. The van der Waals surface area contributed by atoms with Crippen molar-refractivity contribution in [2.24, 2.45) is 5.73 Å². The number of carbonyl (C=O) groups is 3. The molecule has 1 unspecified atom stereocenters. The molecule has 0 heterocycles. The standard InChI is InChI=1S/C22H28N4O5/c23-22(30)18-8-4-5-9-19(18)31-15-17(27)13-24-10-11-25-21(29)14-26-20(28)12-16-6-2-1-3-7-16/h1-9,17,24,27H,10-15H2,(H2,23,30)(H,25,29)(H,26,28). The average molecular weight is 428 g/mol. The van der Waals surface area contributed by atoms with Crippen LogP contribution in [0.15, 0.2) is 54.6 Å². The van der Waals surface area contributed by atoms with Gasteiger partial charge in [-0.1, -0.05) is 42.5 Å². The Morgan fingerprint density at radius 3 is 2.39 bits per heavy atom. The zero-order valence-electron chi connectivity index (χ0n) is 17.2. The van der Waals surface area contributed by atoms with Crippen LogP contribution in [0.2, 0.25) is 0 Å². The highest BCUT2D eigenvalue weighted by Gasteiger charge is 2.11. The molecule has 2 aromatic carbocycles. The van der Waals surface area contributed by atoms with E-state index in [2.05, 4.69) is 16.0 Å². The number of hydrogen-bond acceptors (Lipinski definition) is 6. The third kappa shape index (κ3) is 9.28. The number of primary amides is 1. The second-order valence-corrected chi connectivity index (χ2v) is 6.82. The summed E-state index contributed by atoms with van der Waals surface area (Å²) in [6.07, 6.45) is -0.589. The minimum Gasteiger partial charge on any atom is -0.490 e. The minimum atomic E-state index is -0.811. The van der Waals surface area contributed by atoms with Crippen LogP contribution >= 0.6 is 0 Å². The summed E-state index contributed by atoms with van der Waals surface area (Å²) in [6, 6.07) is 15.8. The van der Waals surface area contributed by atoms with Crippen LogP contribution in [-0.2, 0) is 16.0 Å². The van der Waals surface area contributed by atoms with E-state index in [-0.39, 0.29) is 43.5 Å². The number of nitrogens with two attached hydrogens (primary N) is 1. The molecule has 0 aliphatic rings. The predicted octanol–water partition coefficient (Wildman–Crippen LogP) is -0.410. The van der Waals surface area contributed by atoms with E-state index < -0.39 is 12.0 Å². The largest absolute Gasteiger partial charge is 0.490 e.